The number of aliphatic hydroxyl groups excluding tert-OH is 6. The number of rotatable bonds is 42. The molecule has 13 rings (SSSR count). The van der Waals surface area contributed by atoms with Gasteiger partial charge in [0, 0.05) is 27.9 Å². The minimum Gasteiger partial charge on any atom is -0.497 e. The number of hydrogen-bond donors (Lipinski definition) is 12. The van der Waals surface area contributed by atoms with Gasteiger partial charge in [0.25, 0.3) is 0 Å². The number of carboxylic acids is 3. The van der Waals surface area contributed by atoms with Crippen molar-refractivity contribution in [1.82, 2.24) is 16.0 Å². The lowest BCUT2D eigenvalue weighted by Crippen LogP contribution is -2.72. The Hall–Kier alpha value is -9.84. The lowest BCUT2D eigenvalue weighted by atomic mass is 9.93. The maximum absolute atomic E-state index is 14.6. The van der Waals surface area contributed by atoms with Gasteiger partial charge in [-0.25, -0.2) is 14.4 Å². The van der Waals surface area contributed by atoms with E-state index in [0.717, 1.165) is 13.8 Å². The maximum Gasteiger partial charge on any atom is 0.335 e. The fourth-order valence-electron chi connectivity index (χ4n) is 16.6. The van der Waals surface area contributed by atoms with Gasteiger partial charge in [-0.05, 0) is 51.1 Å². The highest BCUT2D eigenvalue weighted by Gasteiger charge is 2.62. The number of hydrogen-bond acceptors (Lipinski definition) is 32. The highest BCUT2D eigenvalue weighted by atomic mass is 16.8. The van der Waals surface area contributed by atoms with Crippen molar-refractivity contribution in [2.75, 3.05) is 34.0 Å². The van der Waals surface area contributed by atoms with Crippen LogP contribution in [0.1, 0.15) is 59.7 Å². The Labute approximate surface area is 753 Å². The first-order chi connectivity index (χ1) is 63.4. The first-order valence-corrected chi connectivity index (χ1v) is 42.7. The Kier molecular flexibility index (Phi) is 35.9. The average molecular weight is 1830 g/mol. The molecular weight excluding hydrogens is 1720 g/mol. The van der Waals surface area contributed by atoms with Gasteiger partial charge in [-0.15, -0.1) is 0 Å². The van der Waals surface area contributed by atoms with Crippen molar-refractivity contribution >= 4 is 35.6 Å². The summed E-state index contributed by atoms with van der Waals surface area (Å²) in [6, 6.07) is 53.2. The molecule has 708 valence electrons. The predicted octanol–water partition coefficient (Wildman–Crippen LogP) is 2.84. The molecule has 6 aliphatic rings. The van der Waals surface area contributed by atoms with Gasteiger partial charge in [-0.1, -0.05) is 194 Å². The monoisotopic (exact) mass is 1830 g/mol. The molecule has 38 nitrogen and oxygen atoms in total. The van der Waals surface area contributed by atoms with E-state index in [2.05, 4.69) is 16.0 Å². The van der Waals surface area contributed by atoms with Crippen LogP contribution in [0, 0.1) is 0 Å². The van der Waals surface area contributed by atoms with Crippen LogP contribution in [0.5, 0.6) is 5.75 Å². The van der Waals surface area contributed by atoms with Gasteiger partial charge >= 0.3 is 17.9 Å². The highest BCUT2D eigenvalue weighted by molar-refractivity contribution is 5.76. The summed E-state index contributed by atoms with van der Waals surface area (Å²) in [5.74, 6) is -6.99. The van der Waals surface area contributed by atoms with E-state index >= 15 is 0 Å². The number of methoxy groups -OCH3 is 2. The smallest absolute Gasteiger partial charge is 0.335 e. The lowest BCUT2D eigenvalue weighted by Gasteiger charge is -2.52. The minimum absolute atomic E-state index is 0.126. The second-order valence-electron chi connectivity index (χ2n) is 32.0. The van der Waals surface area contributed by atoms with Gasteiger partial charge in [0.1, 0.15) is 134 Å². The van der Waals surface area contributed by atoms with E-state index in [1.807, 2.05) is 0 Å². The Balaban J connectivity index is 0.858. The van der Waals surface area contributed by atoms with Crippen LogP contribution in [0.2, 0.25) is 0 Å². The molecule has 30 atom stereocenters. The molecule has 0 aliphatic carbocycles. The highest BCUT2D eigenvalue weighted by Crippen LogP contribution is 2.42. The fraction of sp³-hybridized carbons (Fsp3) is 0.484. The molecule has 6 heterocycles. The van der Waals surface area contributed by atoms with Crippen molar-refractivity contribution in [1.29, 1.82) is 0 Å². The topological polar surface area (TPSA) is 505 Å². The fourth-order valence-corrected chi connectivity index (χ4v) is 16.6. The summed E-state index contributed by atoms with van der Waals surface area (Å²) in [5, 5.41) is 116. The molecule has 0 aromatic heterocycles. The number of carboxylic acid groups (broad SMARTS) is 3. The van der Waals surface area contributed by atoms with Crippen molar-refractivity contribution in [2.45, 2.75) is 251 Å². The maximum atomic E-state index is 14.6. The van der Waals surface area contributed by atoms with Crippen molar-refractivity contribution in [3.63, 3.8) is 0 Å². The summed E-state index contributed by atoms with van der Waals surface area (Å²) in [6.45, 7) is -1.24. The summed E-state index contributed by atoms with van der Waals surface area (Å²) in [4.78, 5) is 83.8. The van der Waals surface area contributed by atoms with Crippen molar-refractivity contribution in [3.8, 4) is 5.75 Å². The summed E-state index contributed by atoms with van der Waals surface area (Å²) < 4.78 is 129. The SMILES string of the molecule is COc1ccc(CO[C@H]2[C@H](OCc3ccccc3)[C@@H](O)[C@H](O[C@@H]3[C@@H](NC(C)=O)[C@H](O[C@H]4[C@H](OCc5ccccc5)[C@@H](O)[C@H](O[C@@H]5[C@@H](NC(C)=O)[C@H](O[C@H]6[C@H](OCc7ccccc7)[C@@H](O)[C@H](O[C@@H]7[C@@H](NC(C)=O)[C@H](OC)O[C@H](CO)[C@@H]7OCc7ccccc7)O[C@@H]6C(=O)O)O[C@H](CO)[C@@H]5OCc5ccccc5)O[C@@H]4C(=O)O)O[C@H](CO)[C@@H]3OCc3ccccc3)O[C@@H]2C(=O)O)cc1. The number of ether oxygens (including phenoxy) is 20. The third-order valence-corrected chi connectivity index (χ3v) is 22.9. The average Bonchev–Trinajstić information content (AvgIpc) is 0.753. The van der Waals surface area contributed by atoms with Gasteiger partial charge in [-0.3, -0.25) is 14.4 Å². The Morgan fingerprint density at radius 3 is 0.763 bits per heavy atom. The standard InChI is InChI=1S/C93H111N3O35/c1-50(100)94-64-73(70(61(40-97)121-88(64)113-5)114-43-53-24-12-6-13-25-53)124-92-68(104)77(118-47-57-32-20-10-21-33-57)80(83(130-92)86(108)109)127-90-66(96-52(3)102)75(72(63(42-99)123-90)116-45-55-28-16-8-17-29-55)126-93-69(105)78(119-48-58-34-22-11-23-35-58)81(84(131-93)87(110)111)128-89-65(95-51(2)101)74(71(62(41-98)122-89)115-44-54-26-14-7-15-27-54)125-91-67(103)76(117-46-56-30-18-9-19-31-56)79(82(129-91)85(106)107)120-49-59-36-38-60(112-4)39-37-59/h6-39,61-84,88-93,97-99,103-105H,40-49H2,1-5H3,(H,94,100)(H,95,101)(H,96,102)(H,106,107)(H,108,109)(H,110,111)/t61-,62-,63-,64-,65-,66-,67-,68-,69-,70+,71+,72+,73-,74-,75-,76-,77-,78-,79+,80+,81+,82+,83+,84+,88-,89+,90+,91-,92-,93-/m1/s1. The third-order valence-electron chi connectivity index (χ3n) is 22.9. The van der Waals surface area contributed by atoms with Gasteiger partial charge in [-0.2, -0.15) is 0 Å². The molecule has 7 aromatic carbocycles. The summed E-state index contributed by atoms with van der Waals surface area (Å²) in [5.41, 5.74) is 3.85. The third kappa shape index (κ3) is 25.4. The molecule has 3 amide bonds. The van der Waals surface area contributed by atoms with Crippen LogP contribution in [0.25, 0.3) is 0 Å². The largest absolute Gasteiger partial charge is 0.497 e. The second kappa shape index (κ2) is 47.7. The number of carbonyl (C=O) groups is 6. The number of aliphatic carboxylic acids is 3. The summed E-state index contributed by atoms with van der Waals surface area (Å²) in [7, 11) is 2.75. The Bertz CT molecular complexity index is 4710. The van der Waals surface area contributed by atoms with Crippen LogP contribution in [0.3, 0.4) is 0 Å². The first kappa shape index (κ1) is 98.7. The zero-order valence-corrected chi connectivity index (χ0v) is 72.2. The predicted molar refractivity (Wildman–Crippen MR) is 450 cm³/mol. The van der Waals surface area contributed by atoms with E-state index in [0.29, 0.717) is 44.7 Å². The van der Waals surface area contributed by atoms with Crippen molar-refractivity contribution in [2.24, 2.45) is 0 Å². The van der Waals surface area contributed by atoms with E-state index in [9.17, 15) is 74.7 Å². The normalized spacial score (nSPS) is 32.6. The van der Waals surface area contributed by atoms with Gasteiger partial charge in [0.05, 0.1) is 73.2 Å². The molecule has 6 fully saturated rings. The molecule has 0 bridgehead atoms. The minimum atomic E-state index is -2.41. The number of carbonyl (C=O) groups excluding carboxylic acids is 3. The summed E-state index contributed by atoms with van der Waals surface area (Å²) in [6.07, 6.45) is -50.8. The summed E-state index contributed by atoms with van der Waals surface area (Å²) >= 11 is 0. The van der Waals surface area contributed by atoms with E-state index in [1.165, 1.54) is 21.1 Å². The van der Waals surface area contributed by atoms with Crippen LogP contribution in [0.15, 0.2) is 206 Å². The molecule has 0 radical (unpaired) electrons. The van der Waals surface area contributed by atoms with Gasteiger partial charge < -0.3 is 157 Å². The van der Waals surface area contributed by atoms with Crippen molar-refractivity contribution < 1.29 is 169 Å². The number of amides is 3. The van der Waals surface area contributed by atoms with E-state index < -0.39 is 246 Å². The zero-order valence-electron chi connectivity index (χ0n) is 72.2. The number of nitrogens with one attached hydrogen (secondary N) is 3. The Morgan fingerprint density at radius 2 is 0.511 bits per heavy atom. The van der Waals surface area contributed by atoms with Gasteiger partial charge in [0.2, 0.25) is 17.7 Å². The molecule has 38 heteroatoms. The van der Waals surface area contributed by atoms with Gasteiger partial charge in [0.15, 0.2) is 56.1 Å². The number of aliphatic hydroxyl groups is 6. The van der Waals surface area contributed by atoms with Crippen LogP contribution >= 0.6 is 0 Å². The van der Waals surface area contributed by atoms with Crippen molar-refractivity contribution in [3.05, 3.63) is 245 Å². The molecule has 12 N–H and O–H groups in total. The van der Waals surface area contributed by atoms with Crippen LogP contribution < -0.4 is 20.7 Å². The molecule has 0 unspecified atom stereocenters. The molecule has 7 aromatic rings. The van der Waals surface area contributed by atoms with E-state index in [4.69, 9.17) is 94.7 Å². The number of benzene rings is 7. The molecular formula is C93H111N3O35. The Morgan fingerprint density at radius 1 is 0.282 bits per heavy atom. The molecule has 131 heavy (non-hydrogen) atoms. The second-order valence-corrected chi connectivity index (χ2v) is 32.0. The molecule has 0 saturated carbocycles. The zero-order chi connectivity index (χ0) is 92.8. The van der Waals surface area contributed by atoms with Crippen LogP contribution in [-0.4, -0.2) is 300 Å². The lowest BCUT2D eigenvalue weighted by molar-refractivity contribution is -0.384. The van der Waals surface area contributed by atoms with Crippen LogP contribution in [-0.2, 0) is 165 Å². The molecule has 0 spiro atoms. The molecule has 6 aliphatic heterocycles. The van der Waals surface area contributed by atoms with Crippen LogP contribution in [0.4, 0.5) is 0 Å². The van der Waals surface area contributed by atoms with E-state index in [1.54, 1.807) is 206 Å². The van der Waals surface area contributed by atoms with E-state index in [-0.39, 0.29) is 39.6 Å². The quantitative estimate of drug-likeness (QED) is 0.0262. The molecule has 6 saturated heterocycles. The first-order valence-electron chi connectivity index (χ1n) is 42.7.